The van der Waals surface area contributed by atoms with Gasteiger partial charge in [-0.1, -0.05) is 32.0 Å². The van der Waals surface area contributed by atoms with Crippen LogP contribution in [-0.2, 0) is 21.7 Å². The molecule has 6 heteroatoms. The molecule has 0 spiro atoms. The van der Waals surface area contributed by atoms with Crippen molar-refractivity contribution < 1.29 is 19.0 Å². The standard InChI is InChI=1S/C24H29FN2O3/c1-5-7-23(28)30-16-18-14-17(15-26)8-13-21(18)24(29,22(6-2)27(3)4)19-9-11-20(25)12-10-19/h8-14,22,29H,5-7,16H2,1-4H3/t22-,24-/m1/s1. The van der Waals surface area contributed by atoms with E-state index in [1.54, 1.807) is 30.3 Å². The Bertz CT molecular complexity index is 906. The van der Waals surface area contributed by atoms with Crippen LogP contribution in [0.3, 0.4) is 0 Å². The molecule has 160 valence electrons. The number of halogens is 1. The Labute approximate surface area is 177 Å². The van der Waals surface area contributed by atoms with Crippen LogP contribution in [0.5, 0.6) is 0 Å². The number of carbonyl (C=O) groups is 1. The van der Waals surface area contributed by atoms with Crippen LogP contribution in [0, 0.1) is 17.1 Å². The lowest BCUT2D eigenvalue weighted by molar-refractivity contribution is -0.145. The Morgan fingerprint density at radius 3 is 2.43 bits per heavy atom. The number of likely N-dealkylation sites (N-methyl/N-ethyl adjacent to an activating group) is 1. The summed E-state index contributed by atoms with van der Waals surface area (Å²) in [5.74, 6) is -0.733. The second kappa shape index (κ2) is 10.3. The summed E-state index contributed by atoms with van der Waals surface area (Å²) in [6.45, 7) is 3.79. The predicted molar refractivity (Wildman–Crippen MR) is 113 cm³/mol. The van der Waals surface area contributed by atoms with E-state index in [1.807, 2.05) is 32.8 Å². The molecule has 30 heavy (non-hydrogen) atoms. The van der Waals surface area contributed by atoms with Crippen LogP contribution in [-0.4, -0.2) is 36.1 Å². The fourth-order valence-corrected chi connectivity index (χ4v) is 3.85. The number of hydrogen-bond donors (Lipinski definition) is 1. The van der Waals surface area contributed by atoms with E-state index in [4.69, 9.17) is 4.74 Å². The molecule has 0 bridgehead atoms. The van der Waals surface area contributed by atoms with Crippen LogP contribution in [0.25, 0.3) is 0 Å². The lowest BCUT2D eigenvalue weighted by Crippen LogP contribution is -2.49. The van der Waals surface area contributed by atoms with Crippen molar-refractivity contribution in [1.82, 2.24) is 4.90 Å². The lowest BCUT2D eigenvalue weighted by atomic mass is 9.76. The van der Waals surface area contributed by atoms with Crippen LogP contribution in [0.15, 0.2) is 42.5 Å². The monoisotopic (exact) mass is 412 g/mol. The van der Waals surface area contributed by atoms with Crippen LogP contribution in [0.4, 0.5) is 4.39 Å². The largest absolute Gasteiger partial charge is 0.461 e. The molecular weight excluding hydrogens is 383 g/mol. The first kappa shape index (κ1) is 23.5. The number of hydrogen-bond acceptors (Lipinski definition) is 5. The Morgan fingerprint density at radius 2 is 1.90 bits per heavy atom. The number of carbonyl (C=O) groups excluding carboxylic acids is 1. The van der Waals surface area contributed by atoms with Gasteiger partial charge in [-0.2, -0.15) is 5.26 Å². The summed E-state index contributed by atoms with van der Waals surface area (Å²) < 4.78 is 19.0. The van der Waals surface area contributed by atoms with Gasteiger partial charge in [-0.15, -0.1) is 0 Å². The number of aliphatic hydroxyl groups is 1. The van der Waals surface area contributed by atoms with E-state index in [2.05, 4.69) is 6.07 Å². The number of benzene rings is 2. The van der Waals surface area contributed by atoms with Gasteiger partial charge in [0.05, 0.1) is 11.6 Å². The smallest absolute Gasteiger partial charge is 0.306 e. The highest BCUT2D eigenvalue weighted by Crippen LogP contribution is 2.39. The first-order valence-electron chi connectivity index (χ1n) is 10.1. The van der Waals surface area contributed by atoms with Gasteiger partial charge in [-0.25, -0.2) is 4.39 Å². The number of esters is 1. The van der Waals surface area contributed by atoms with E-state index in [9.17, 15) is 19.6 Å². The van der Waals surface area contributed by atoms with Crippen molar-refractivity contribution in [3.8, 4) is 6.07 Å². The summed E-state index contributed by atoms with van der Waals surface area (Å²) in [6, 6.07) is 12.4. The van der Waals surface area contributed by atoms with E-state index >= 15 is 0 Å². The van der Waals surface area contributed by atoms with Crippen molar-refractivity contribution in [3.63, 3.8) is 0 Å². The molecule has 0 aliphatic rings. The quantitative estimate of drug-likeness (QED) is 0.627. The third-order valence-electron chi connectivity index (χ3n) is 5.26. The fourth-order valence-electron chi connectivity index (χ4n) is 3.85. The zero-order chi connectivity index (χ0) is 22.3. The molecule has 2 rings (SSSR count). The maximum absolute atomic E-state index is 13.6. The molecule has 5 nitrogen and oxygen atoms in total. The third kappa shape index (κ3) is 5.05. The molecule has 0 aromatic heterocycles. The normalized spacial score (nSPS) is 14.1. The topological polar surface area (TPSA) is 73.6 Å². The number of rotatable bonds is 9. The summed E-state index contributed by atoms with van der Waals surface area (Å²) >= 11 is 0. The van der Waals surface area contributed by atoms with Crippen LogP contribution >= 0.6 is 0 Å². The zero-order valence-electron chi connectivity index (χ0n) is 18.0. The molecule has 0 unspecified atom stereocenters. The second-order valence-corrected chi connectivity index (χ2v) is 7.56. The average Bonchev–Trinajstić information content (AvgIpc) is 2.72. The summed E-state index contributed by atoms with van der Waals surface area (Å²) in [6.07, 6.45) is 1.57. The molecule has 0 fully saturated rings. The van der Waals surface area contributed by atoms with Crippen molar-refractivity contribution >= 4 is 5.97 Å². The predicted octanol–water partition coefficient (Wildman–Crippen LogP) is 4.12. The Balaban J connectivity index is 2.66. The molecule has 2 aromatic rings. The van der Waals surface area contributed by atoms with E-state index in [-0.39, 0.29) is 18.6 Å². The van der Waals surface area contributed by atoms with Crippen LogP contribution in [0.1, 0.15) is 55.4 Å². The minimum absolute atomic E-state index is 0.0585. The molecule has 2 atom stereocenters. The minimum Gasteiger partial charge on any atom is -0.461 e. The first-order valence-corrected chi connectivity index (χ1v) is 10.1. The zero-order valence-corrected chi connectivity index (χ0v) is 18.0. The van der Waals surface area contributed by atoms with Gasteiger partial charge in [-0.3, -0.25) is 4.79 Å². The maximum atomic E-state index is 13.6. The minimum atomic E-state index is -1.51. The summed E-state index contributed by atoms with van der Waals surface area (Å²) in [5, 5.41) is 21.4. The Morgan fingerprint density at radius 1 is 1.23 bits per heavy atom. The third-order valence-corrected chi connectivity index (χ3v) is 5.26. The summed E-state index contributed by atoms with van der Waals surface area (Å²) in [5.41, 5.74) is 0.491. The SMILES string of the molecule is CCCC(=O)OCc1cc(C#N)ccc1[C@](O)(c1ccc(F)cc1)[C@@H](CC)N(C)C. The van der Waals surface area contributed by atoms with Gasteiger partial charge in [0.1, 0.15) is 18.0 Å². The van der Waals surface area contributed by atoms with Crippen molar-refractivity contribution in [2.45, 2.75) is 51.4 Å². The number of nitrogens with zero attached hydrogens (tertiary/aromatic N) is 2. The Hall–Kier alpha value is -2.75. The number of ether oxygens (including phenoxy) is 1. The van der Waals surface area contributed by atoms with Crippen LogP contribution in [0.2, 0.25) is 0 Å². The van der Waals surface area contributed by atoms with Gasteiger partial charge in [0.15, 0.2) is 0 Å². The van der Waals surface area contributed by atoms with Gasteiger partial charge in [0.2, 0.25) is 0 Å². The molecule has 0 heterocycles. The van der Waals surface area contributed by atoms with Crippen LogP contribution < -0.4 is 0 Å². The highest BCUT2D eigenvalue weighted by molar-refractivity contribution is 5.69. The second-order valence-electron chi connectivity index (χ2n) is 7.56. The molecule has 2 aromatic carbocycles. The molecule has 0 aliphatic heterocycles. The van der Waals surface area contributed by atoms with Crippen molar-refractivity contribution in [1.29, 1.82) is 5.26 Å². The highest BCUT2D eigenvalue weighted by Gasteiger charge is 2.42. The molecule has 0 amide bonds. The van der Waals surface area contributed by atoms with E-state index in [0.29, 0.717) is 41.5 Å². The van der Waals surface area contributed by atoms with Crippen molar-refractivity contribution in [3.05, 3.63) is 70.5 Å². The summed E-state index contributed by atoms with van der Waals surface area (Å²) in [4.78, 5) is 13.8. The van der Waals surface area contributed by atoms with E-state index in [1.165, 1.54) is 12.1 Å². The molecule has 1 N–H and O–H groups in total. The fraction of sp³-hybridized carbons (Fsp3) is 0.417. The van der Waals surface area contributed by atoms with E-state index < -0.39 is 11.4 Å². The van der Waals surface area contributed by atoms with Crippen molar-refractivity contribution in [2.75, 3.05) is 14.1 Å². The lowest BCUT2D eigenvalue weighted by Gasteiger charge is -2.41. The van der Waals surface area contributed by atoms with E-state index in [0.717, 1.165) is 0 Å². The molecular formula is C24H29FN2O3. The number of nitriles is 1. The highest BCUT2D eigenvalue weighted by atomic mass is 19.1. The van der Waals surface area contributed by atoms with Crippen molar-refractivity contribution in [2.24, 2.45) is 0 Å². The first-order chi connectivity index (χ1) is 14.3. The average molecular weight is 413 g/mol. The summed E-state index contributed by atoms with van der Waals surface area (Å²) in [7, 11) is 3.74. The molecule has 0 saturated carbocycles. The van der Waals surface area contributed by atoms with Gasteiger partial charge < -0.3 is 14.7 Å². The van der Waals surface area contributed by atoms with Gasteiger partial charge in [0.25, 0.3) is 0 Å². The molecule has 0 radical (unpaired) electrons. The maximum Gasteiger partial charge on any atom is 0.306 e. The van der Waals surface area contributed by atoms with Gasteiger partial charge in [-0.05, 0) is 67.9 Å². The van der Waals surface area contributed by atoms with Gasteiger partial charge in [0, 0.05) is 12.5 Å². The Kier molecular flexibility index (Phi) is 8.10. The molecule has 0 aliphatic carbocycles. The molecule has 0 saturated heterocycles. The van der Waals surface area contributed by atoms with Gasteiger partial charge >= 0.3 is 5.97 Å².